The van der Waals surface area contributed by atoms with Gasteiger partial charge in [0.1, 0.15) is 0 Å². The highest BCUT2D eigenvalue weighted by Crippen LogP contribution is 2.33. The molecule has 8 heteroatoms. The molecule has 0 aliphatic rings. The third-order valence-corrected chi connectivity index (χ3v) is 7.23. The molecule has 0 radical (unpaired) electrons. The fraction of sp³-hybridized carbons (Fsp3) is 0.200. The third kappa shape index (κ3) is 4.62. The van der Waals surface area contributed by atoms with Gasteiger partial charge in [0, 0.05) is 24.6 Å². The lowest BCUT2D eigenvalue weighted by atomic mass is 10.1. The number of thiazole rings is 1. The van der Waals surface area contributed by atoms with E-state index in [4.69, 9.17) is 9.97 Å². The molecule has 1 amide bonds. The molecule has 0 N–H and O–H groups in total. The minimum Gasteiger partial charge on any atom is -0.283 e. The van der Waals surface area contributed by atoms with Crippen LogP contribution in [0.3, 0.4) is 0 Å². The van der Waals surface area contributed by atoms with E-state index in [0.717, 1.165) is 22.5 Å². The second kappa shape index (κ2) is 9.72. The fourth-order valence-corrected chi connectivity index (χ4v) is 5.42. The number of aromatic nitrogens is 3. The van der Waals surface area contributed by atoms with Gasteiger partial charge >= 0.3 is 0 Å². The lowest BCUT2D eigenvalue weighted by Crippen LogP contribution is -2.23. The molecule has 0 bridgehead atoms. The standard InChI is InChI=1S/C25H24N4O2S2/c1-5-13-28-23(31)20-10-6-7-11-21(20)27-24(28)32-14-19-15-33-25(26-19)29(18(4)30)22-12-8-9-16(2)17(22)3/h5-12,15H,1,13-14H2,2-4H3. The Morgan fingerprint density at radius 1 is 1.18 bits per heavy atom. The predicted molar refractivity (Wildman–Crippen MR) is 137 cm³/mol. The number of aryl methyl sites for hydroxylation is 1. The first-order valence-electron chi connectivity index (χ1n) is 10.4. The normalized spacial score (nSPS) is 11.0. The Morgan fingerprint density at radius 3 is 2.73 bits per heavy atom. The molecule has 4 rings (SSSR count). The van der Waals surface area contributed by atoms with Gasteiger partial charge in [0.2, 0.25) is 5.91 Å². The molecule has 2 aromatic heterocycles. The van der Waals surface area contributed by atoms with E-state index in [9.17, 15) is 9.59 Å². The van der Waals surface area contributed by atoms with Gasteiger partial charge in [0.25, 0.3) is 5.56 Å². The summed E-state index contributed by atoms with van der Waals surface area (Å²) in [5.41, 5.74) is 4.42. The summed E-state index contributed by atoms with van der Waals surface area (Å²) in [4.78, 5) is 36.5. The summed E-state index contributed by atoms with van der Waals surface area (Å²) >= 11 is 2.87. The molecule has 168 valence electrons. The second-order valence-corrected chi connectivity index (χ2v) is 9.38. The number of amides is 1. The number of hydrogen-bond donors (Lipinski definition) is 0. The summed E-state index contributed by atoms with van der Waals surface area (Å²) in [7, 11) is 0. The van der Waals surface area contributed by atoms with Crippen LogP contribution in [-0.2, 0) is 17.1 Å². The van der Waals surface area contributed by atoms with Crippen molar-refractivity contribution in [2.24, 2.45) is 0 Å². The number of rotatable bonds is 7. The van der Waals surface area contributed by atoms with Crippen molar-refractivity contribution in [1.29, 1.82) is 0 Å². The van der Waals surface area contributed by atoms with Crippen molar-refractivity contribution >= 4 is 50.7 Å². The highest BCUT2D eigenvalue weighted by molar-refractivity contribution is 7.98. The number of fused-ring (bicyclic) bond motifs is 1. The highest BCUT2D eigenvalue weighted by Gasteiger charge is 2.20. The number of para-hydroxylation sites is 1. The van der Waals surface area contributed by atoms with E-state index < -0.39 is 0 Å². The van der Waals surface area contributed by atoms with Crippen molar-refractivity contribution < 1.29 is 4.79 Å². The van der Waals surface area contributed by atoms with E-state index in [1.807, 2.05) is 55.6 Å². The van der Waals surface area contributed by atoms with Crippen LogP contribution in [0.5, 0.6) is 0 Å². The summed E-state index contributed by atoms with van der Waals surface area (Å²) in [5.74, 6) is 0.435. The Hall–Kier alpha value is -3.23. The SMILES string of the molecule is C=CCn1c(SCc2csc(N(C(C)=O)c3cccc(C)c3C)n2)nc2ccccc2c1=O. The molecule has 2 aromatic carbocycles. The van der Waals surface area contributed by atoms with E-state index in [0.29, 0.717) is 33.5 Å². The van der Waals surface area contributed by atoms with Crippen molar-refractivity contribution in [3.8, 4) is 0 Å². The van der Waals surface area contributed by atoms with Crippen molar-refractivity contribution in [3.63, 3.8) is 0 Å². The summed E-state index contributed by atoms with van der Waals surface area (Å²) in [6.07, 6.45) is 1.69. The van der Waals surface area contributed by atoms with Crippen LogP contribution in [0.4, 0.5) is 10.8 Å². The summed E-state index contributed by atoms with van der Waals surface area (Å²) in [5, 5.41) is 3.78. The lowest BCUT2D eigenvalue weighted by Gasteiger charge is -2.21. The molecule has 0 spiro atoms. The smallest absolute Gasteiger partial charge is 0.262 e. The third-order valence-electron chi connectivity index (χ3n) is 5.35. The topological polar surface area (TPSA) is 68.1 Å². The fourth-order valence-electron chi connectivity index (χ4n) is 3.54. The number of nitrogens with zero attached hydrogens (tertiary/aromatic N) is 4. The second-order valence-electron chi connectivity index (χ2n) is 7.60. The number of benzene rings is 2. The minimum absolute atomic E-state index is 0.0837. The predicted octanol–water partition coefficient (Wildman–Crippen LogP) is 5.63. The summed E-state index contributed by atoms with van der Waals surface area (Å²) in [6.45, 7) is 9.74. The molecule has 0 aliphatic heterocycles. The van der Waals surface area contributed by atoms with E-state index in [1.165, 1.54) is 23.1 Å². The van der Waals surface area contributed by atoms with Crippen LogP contribution < -0.4 is 10.5 Å². The van der Waals surface area contributed by atoms with E-state index in [2.05, 4.69) is 6.58 Å². The van der Waals surface area contributed by atoms with Gasteiger partial charge in [-0.05, 0) is 43.2 Å². The van der Waals surface area contributed by atoms with Crippen LogP contribution in [0.15, 0.2) is 70.5 Å². The first-order chi connectivity index (χ1) is 15.9. The summed E-state index contributed by atoms with van der Waals surface area (Å²) in [6, 6.07) is 13.3. The zero-order valence-corrected chi connectivity index (χ0v) is 20.4. The number of carbonyl (C=O) groups excluding carboxylic acids is 1. The highest BCUT2D eigenvalue weighted by atomic mass is 32.2. The van der Waals surface area contributed by atoms with Crippen LogP contribution in [0, 0.1) is 13.8 Å². The van der Waals surface area contributed by atoms with Gasteiger partial charge < -0.3 is 0 Å². The zero-order chi connectivity index (χ0) is 23.5. The monoisotopic (exact) mass is 476 g/mol. The van der Waals surface area contributed by atoms with Gasteiger partial charge in [-0.25, -0.2) is 9.97 Å². The Labute approximate surface area is 200 Å². The van der Waals surface area contributed by atoms with E-state index in [1.54, 1.807) is 28.5 Å². The first-order valence-corrected chi connectivity index (χ1v) is 12.3. The lowest BCUT2D eigenvalue weighted by molar-refractivity contribution is -0.115. The molecule has 4 aromatic rings. The Kier molecular flexibility index (Phi) is 6.76. The maximum Gasteiger partial charge on any atom is 0.262 e. The van der Waals surface area contributed by atoms with Crippen molar-refractivity contribution in [1.82, 2.24) is 14.5 Å². The van der Waals surface area contributed by atoms with Crippen molar-refractivity contribution in [2.45, 2.75) is 38.2 Å². The van der Waals surface area contributed by atoms with Crippen LogP contribution in [-0.4, -0.2) is 20.4 Å². The van der Waals surface area contributed by atoms with Crippen LogP contribution in [0.1, 0.15) is 23.7 Å². The quantitative estimate of drug-likeness (QED) is 0.196. The van der Waals surface area contributed by atoms with Gasteiger partial charge in [-0.3, -0.25) is 19.1 Å². The number of carbonyl (C=O) groups is 1. The van der Waals surface area contributed by atoms with Crippen LogP contribution in [0.2, 0.25) is 0 Å². The van der Waals surface area contributed by atoms with Gasteiger partial charge in [-0.1, -0.05) is 42.1 Å². The molecule has 0 saturated heterocycles. The molecular formula is C25H24N4O2S2. The van der Waals surface area contributed by atoms with Gasteiger partial charge in [0.15, 0.2) is 10.3 Å². The molecule has 0 aliphatic carbocycles. The van der Waals surface area contributed by atoms with Crippen LogP contribution >= 0.6 is 23.1 Å². The molecule has 0 fully saturated rings. The van der Waals surface area contributed by atoms with Crippen molar-refractivity contribution in [3.05, 3.63) is 87.7 Å². The number of hydrogen-bond acceptors (Lipinski definition) is 6. The molecular weight excluding hydrogens is 452 g/mol. The van der Waals surface area contributed by atoms with E-state index in [-0.39, 0.29) is 11.5 Å². The van der Waals surface area contributed by atoms with Crippen molar-refractivity contribution in [2.75, 3.05) is 4.90 Å². The maximum atomic E-state index is 12.9. The number of thioether (sulfide) groups is 1. The summed E-state index contributed by atoms with van der Waals surface area (Å²) < 4.78 is 1.63. The Bertz CT molecular complexity index is 1410. The first kappa shape index (κ1) is 22.9. The number of anilines is 2. The maximum absolute atomic E-state index is 12.9. The van der Waals surface area contributed by atoms with Gasteiger partial charge in [-0.2, -0.15) is 0 Å². The van der Waals surface area contributed by atoms with E-state index >= 15 is 0 Å². The average Bonchev–Trinajstić information content (AvgIpc) is 3.26. The Morgan fingerprint density at radius 2 is 1.97 bits per heavy atom. The minimum atomic E-state index is -0.0896. The van der Waals surface area contributed by atoms with Gasteiger partial charge in [0.05, 0.1) is 22.3 Å². The molecule has 6 nitrogen and oxygen atoms in total. The molecule has 0 saturated carbocycles. The Balaban J connectivity index is 1.63. The molecule has 0 atom stereocenters. The molecule has 2 heterocycles. The largest absolute Gasteiger partial charge is 0.283 e. The molecule has 33 heavy (non-hydrogen) atoms. The zero-order valence-electron chi connectivity index (χ0n) is 18.7. The van der Waals surface area contributed by atoms with Gasteiger partial charge in [-0.15, -0.1) is 17.9 Å². The van der Waals surface area contributed by atoms with Crippen LogP contribution in [0.25, 0.3) is 10.9 Å². The molecule has 0 unspecified atom stereocenters. The average molecular weight is 477 g/mol. The number of allylic oxidation sites excluding steroid dienone is 1.